The molecule has 0 saturated carbocycles. The normalized spacial score (nSPS) is 22.8. The van der Waals surface area contributed by atoms with Crippen molar-refractivity contribution in [2.24, 2.45) is 5.92 Å². The lowest BCUT2D eigenvalue weighted by molar-refractivity contribution is -0.164. The van der Waals surface area contributed by atoms with E-state index < -0.39 is 5.60 Å². The van der Waals surface area contributed by atoms with E-state index in [0.29, 0.717) is 13.2 Å². The molecule has 1 N–H and O–H groups in total. The molecule has 1 aromatic carbocycles. The monoisotopic (exact) mass is 287 g/mol. The highest BCUT2D eigenvalue weighted by molar-refractivity contribution is 5.86. The summed E-state index contributed by atoms with van der Waals surface area (Å²) in [6, 6.07) is 8.23. The van der Waals surface area contributed by atoms with Crippen LogP contribution in [-0.2, 0) is 26.3 Å². The minimum Gasteiger partial charge on any atom is -0.466 e. The van der Waals surface area contributed by atoms with E-state index in [9.17, 15) is 4.79 Å². The Labute approximate surface area is 124 Å². The van der Waals surface area contributed by atoms with Crippen molar-refractivity contribution in [1.82, 2.24) is 4.98 Å². The van der Waals surface area contributed by atoms with Crippen LogP contribution >= 0.6 is 0 Å². The molecule has 0 fully saturated rings. The Kier molecular flexibility index (Phi) is 3.49. The van der Waals surface area contributed by atoms with E-state index in [1.807, 2.05) is 32.9 Å². The molecule has 1 aromatic heterocycles. The first-order valence-electron chi connectivity index (χ1n) is 7.48. The number of para-hydroxylation sites is 1. The first kappa shape index (κ1) is 14.1. The van der Waals surface area contributed by atoms with Crippen molar-refractivity contribution in [3.05, 3.63) is 35.5 Å². The summed E-state index contributed by atoms with van der Waals surface area (Å²) < 4.78 is 11.2. The lowest BCUT2D eigenvalue weighted by Crippen LogP contribution is -2.42. The Hall–Kier alpha value is -1.81. The first-order valence-corrected chi connectivity index (χ1v) is 7.48. The molecule has 0 spiro atoms. The van der Waals surface area contributed by atoms with Crippen LogP contribution in [0.1, 0.15) is 32.0 Å². The molecular weight excluding hydrogens is 266 g/mol. The molecule has 4 nitrogen and oxygen atoms in total. The zero-order valence-electron chi connectivity index (χ0n) is 12.7. The number of carbonyl (C=O) groups is 1. The number of esters is 1. The van der Waals surface area contributed by atoms with Gasteiger partial charge in [0.1, 0.15) is 5.60 Å². The Bertz CT molecular complexity index is 676. The topological polar surface area (TPSA) is 51.3 Å². The zero-order chi connectivity index (χ0) is 15.0. The summed E-state index contributed by atoms with van der Waals surface area (Å²) in [5, 5.41) is 1.22. The fourth-order valence-corrected chi connectivity index (χ4v) is 3.15. The van der Waals surface area contributed by atoms with Gasteiger partial charge in [-0.3, -0.25) is 4.79 Å². The molecule has 2 unspecified atom stereocenters. The summed E-state index contributed by atoms with van der Waals surface area (Å²) in [5.74, 6) is -0.573. The summed E-state index contributed by atoms with van der Waals surface area (Å²) in [7, 11) is 0. The molecule has 0 aliphatic carbocycles. The van der Waals surface area contributed by atoms with Crippen LogP contribution < -0.4 is 0 Å². The standard InChI is InChI=1S/C17H21NO3/c1-4-20-16(19)11(2)17(3)15-13(9-10-21-17)12-7-5-6-8-14(12)18-15/h5-8,11,18H,4,9-10H2,1-3H3. The minimum absolute atomic E-state index is 0.216. The maximum Gasteiger partial charge on any atom is 0.311 e. The van der Waals surface area contributed by atoms with Crippen LogP contribution in [0.25, 0.3) is 10.9 Å². The maximum atomic E-state index is 12.2. The summed E-state index contributed by atoms with van der Waals surface area (Å²) in [4.78, 5) is 15.6. The molecule has 3 rings (SSSR count). The quantitative estimate of drug-likeness (QED) is 0.882. The number of hydrogen-bond acceptors (Lipinski definition) is 3. The predicted molar refractivity (Wildman–Crippen MR) is 81.1 cm³/mol. The molecule has 1 aliphatic rings. The third-order valence-electron chi connectivity index (χ3n) is 4.53. The van der Waals surface area contributed by atoms with Gasteiger partial charge < -0.3 is 14.5 Å². The van der Waals surface area contributed by atoms with Gasteiger partial charge in [-0.05, 0) is 38.8 Å². The van der Waals surface area contributed by atoms with Gasteiger partial charge in [0, 0.05) is 10.9 Å². The number of aromatic nitrogens is 1. The summed E-state index contributed by atoms with van der Waals surface area (Å²) in [6.45, 7) is 6.68. The molecule has 0 bridgehead atoms. The molecule has 1 aliphatic heterocycles. The smallest absolute Gasteiger partial charge is 0.311 e. The summed E-state index contributed by atoms with van der Waals surface area (Å²) >= 11 is 0. The molecule has 112 valence electrons. The number of hydrogen-bond donors (Lipinski definition) is 1. The Morgan fingerprint density at radius 1 is 1.48 bits per heavy atom. The predicted octanol–water partition coefficient (Wildman–Crippen LogP) is 3.16. The second-order valence-electron chi connectivity index (χ2n) is 5.70. The highest BCUT2D eigenvalue weighted by Gasteiger charge is 2.44. The lowest BCUT2D eigenvalue weighted by Gasteiger charge is -2.37. The largest absolute Gasteiger partial charge is 0.466 e. The van der Waals surface area contributed by atoms with Gasteiger partial charge in [0.15, 0.2) is 0 Å². The van der Waals surface area contributed by atoms with Crippen molar-refractivity contribution in [3.63, 3.8) is 0 Å². The van der Waals surface area contributed by atoms with E-state index >= 15 is 0 Å². The van der Waals surface area contributed by atoms with Crippen LogP contribution in [0.5, 0.6) is 0 Å². The number of nitrogens with one attached hydrogen (secondary N) is 1. The van der Waals surface area contributed by atoms with Gasteiger partial charge in [-0.25, -0.2) is 0 Å². The number of carbonyl (C=O) groups excluding carboxylic acids is 1. The van der Waals surface area contributed by atoms with Gasteiger partial charge in [0.2, 0.25) is 0 Å². The van der Waals surface area contributed by atoms with E-state index in [4.69, 9.17) is 9.47 Å². The number of benzene rings is 1. The van der Waals surface area contributed by atoms with Crippen LogP contribution in [0.4, 0.5) is 0 Å². The number of aromatic amines is 1. The van der Waals surface area contributed by atoms with E-state index in [2.05, 4.69) is 17.1 Å². The highest BCUT2D eigenvalue weighted by Crippen LogP contribution is 2.41. The number of rotatable bonds is 3. The van der Waals surface area contributed by atoms with E-state index in [1.165, 1.54) is 10.9 Å². The van der Waals surface area contributed by atoms with Crippen molar-refractivity contribution in [1.29, 1.82) is 0 Å². The highest BCUT2D eigenvalue weighted by atomic mass is 16.5. The number of ether oxygens (including phenoxy) is 2. The van der Waals surface area contributed by atoms with Gasteiger partial charge >= 0.3 is 5.97 Å². The van der Waals surface area contributed by atoms with Crippen LogP contribution in [0.2, 0.25) is 0 Å². The van der Waals surface area contributed by atoms with E-state index in [-0.39, 0.29) is 11.9 Å². The Morgan fingerprint density at radius 2 is 2.24 bits per heavy atom. The molecule has 0 radical (unpaired) electrons. The molecule has 0 amide bonds. The van der Waals surface area contributed by atoms with Crippen molar-refractivity contribution >= 4 is 16.9 Å². The lowest BCUT2D eigenvalue weighted by atomic mass is 9.83. The third-order valence-corrected chi connectivity index (χ3v) is 4.53. The maximum absolute atomic E-state index is 12.2. The Balaban J connectivity index is 2.09. The summed E-state index contributed by atoms with van der Waals surface area (Å²) in [5.41, 5.74) is 2.69. The third kappa shape index (κ3) is 2.14. The summed E-state index contributed by atoms with van der Waals surface area (Å²) in [6.07, 6.45) is 0.866. The van der Waals surface area contributed by atoms with Gasteiger partial charge in [-0.1, -0.05) is 18.2 Å². The second-order valence-corrected chi connectivity index (χ2v) is 5.70. The average Bonchev–Trinajstić information content (AvgIpc) is 2.87. The fraction of sp³-hybridized carbons (Fsp3) is 0.471. The second kappa shape index (κ2) is 5.19. The zero-order valence-corrected chi connectivity index (χ0v) is 12.7. The van der Waals surface area contributed by atoms with Crippen LogP contribution in [-0.4, -0.2) is 24.2 Å². The first-order chi connectivity index (χ1) is 10.1. The van der Waals surface area contributed by atoms with Crippen molar-refractivity contribution < 1.29 is 14.3 Å². The molecule has 4 heteroatoms. The molecule has 21 heavy (non-hydrogen) atoms. The van der Waals surface area contributed by atoms with Crippen molar-refractivity contribution in [3.8, 4) is 0 Å². The van der Waals surface area contributed by atoms with Crippen molar-refractivity contribution in [2.45, 2.75) is 32.8 Å². The molecule has 2 heterocycles. The minimum atomic E-state index is -0.668. The Morgan fingerprint density at radius 3 is 3.00 bits per heavy atom. The molecule has 2 aromatic rings. The van der Waals surface area contributed by atoms with Gasteiger partial charge in [-0.15, -0.1) is 0 Å². The van der Waals surface area contributed by atoms with Gasteiger partial charge in [-0.2, -0.15) is 0 Å². The van der Waals surface area contributed by atoms with E-state index in [1.54, 1.807) is 0 Å². The number of H-pyrrole nitrogens is 1. The number of fused-ring (bicyclic) bond motifs is 3. The average molecular weight is 287 g/mol. The van der Waals surface area contributed by atoms with Crippen LogP contribution in [0, 0.1) is 5.92 Å². The van der Waals surface area contributed by atoms with Gasteiger partial charge in [0.05, 0.1) is 24.8 Å². The molecular formula is C17H21NO3. The van der Waals surface area contributed by atoms with Crippen LogP contribution in [0.15, 0.2) is 24.3 Å². The fourth-order valence-electron chi connectivity index (χ4n) is 3.15. The van der Waals surface area contributed by atoms with Crippen molar-refractivity contribution in [2.75, 3.05) is 13.2 Å². The SMILES string of the molecule is CCOC(=O)C(C)C1(C)OCCc2c1[nH]c1ccccc21. The molecule has 2 atom stereocenters. The molecule has 0 saturated heterocycles. The van der Waals surface area contributed by atoms with Gasteiger partial charge in [0.25, 0.3) is 0 Å². The van der Waals surface area contributed by atoms with E-state index in [0.717, 1.165) is 17.6 Å². The van der Waals surface area contributed by atoms with Crippen LogP contribution in [0.3, 0.4) is 0 Å².